The number of amides is 1. The summed E-state index contributed by atoms with van der Waals surface area (Å²) in [6.07, 6.45) is 3.38. The molecule has 6 heteroatoms. The van der Waals surface area contributed by atoms with Gasteiger partial charge in [-0.1, -0.05) is 6.92 Å². The third-order valence-corrected chi connectivity index (χ3v) is 4.86. The normalized spacial score (nSPS) is 26.2. The van der Waals surface area contributed by atoms with E-state index in [1.807, 2.05) is 25.7 Å². The summed E-state index contributed by atoms with van der Waals surface area (Å²) in [5, 5.41) is 3.58. The summed E-state index contributed by atoms with van der Waals surface area (Å²) < 4.78 is 16.8. The number of hydrogen-bond acceptors (Lipinski definition) is 4. The number of likely N-dealkylation sites (tertiary alicyclic amines) is 1. The van der Waals surface area contributed by atoms with Crippen LogP contribution < -0.4 is 5.32 Å². The van der Waals surface area contributed by atoms with Crippen molar-refractivity contribution in [3.63, 3.8) is 0 Å². The number of ether oxygens (including phenoxy) is 1. The Morgan fingerprint density at radius 3 is 2.50 bits per heavy atom. The zero-order valence-electron chi connectivity index (χ0n) is 14.8. The SMILES string of the molecule is C[C@H](C[S@](C)=O)N[C@H]1CCN(C(=O)OC(C)(C)C)CC[C@@H]1C. The lowest BCUT2D eigenvalue weighted by Crippen LogP contribution is -2.43. The quantitative estimate of drug-likeness (QED) is 0.859. The summed E-state index contributed by atoms with van der Waals surface area (Å²) in [5.74, 6) is 1.15. The molecule has 1 fully saturated rings. The number of carbonyl (C=O) groups is 1. The Kier molecular flexibility index (Phi) is 7.32. The van der Waals surface area contributed by atoms with Gasteiger partial charge in [0.2, 0.25) is 0 Å². The Morgan fingerprint density at radius 2 is 1.95 bits per heavy atom. The van der Waals surface area contributed by atoms with Gasteiger partial charge in [-0.2, -0.15) is 0 Å². The molecule has 0 aromatic heterocycles. The highest BCUT2D eigenvalue weighted by Crippen LogP contribution is 2.20. The molecule has 0 radical (unpaired) electrons. The fourth-order valence-corrected chi connectivity index (χ4v) is 3.57. The average molecular weight is 333 g/mol. The van der Waals surface area contributed by atoms with Gasteiger partial charge < -0.3 is 15.0 Å². The molecule has 1 heterocycles. The van der Waals surface area contributed by atoms with Crippen molar-refractivity contribution >= 4 is 16.9 Å². The summed E-state index contributed by atoms with van der Waals surface area (Å²) in [7, 11) is -0.788. The summed E-state index contributed by atoms with van der Waals surface area (Å²) >= 11 is 0. The average Bonchev–Trinajstić information content (AvgIpc) is 2.49. The number of hydrogen-bond donors (Lipinski definition) is 1. The van der Waals surface area contributed by atoms with E-state index in [0.29, 0.717) is 24.3 Å². The van der Waals surface area contributed by atoms with Crippen LogP contribution in [0, 0.1) is 5.92 Å². The Labute approximate surface area is 137 Å². The van der Waals surface area contributed by atoms with E-state index in [-0.39, 0.29) is 12.1 Å². The predicted molar refractivity (Wildman–Crippen MR) is 91.5 cm³/mol. The molecule has 0 saturated carbocycles. The Balaban J connectivity index is 2.55. The molecule has 1 aliphatic heterocycles. The molecule has 1 saturated heterocycles. The van der Waals surface area contributed by atoms with E-state index >= 15 is 0 Å². The van der Waals surface area contributed by atoms with Crippen LogP contribution in [-0.2, 0) is 15.5 Å². The van der Waals surface area contributed by atoms with Crippen LogP contribution in [0.4, 0.5) is 4.79 Å². The molecule has 0 spiro atoms. The smallest absolute Gasteiger partial charge is 0.410 e. The molecule has 5 nitrogen and oxygen atoms in total. The fourth-order valence-electron chi connectivity index (χ4n) is 2.77. The lowest BCUT2D eigenvalue weighted by molar-refractivity contribution is 0.0255. The maximum atomic E-state index is 12.2. The van der Waals surface area contributed by atoms with Crippen LogP contribution in [0.2, 0.25) is 0 Å². The Hall–Kier alpha value is -0.620. The van der Waals surface area contributed by atoms with E-state index < -0.39 is 16.4 Å². The van der Waals surface area contributed by atoms with Gasteiger partial charge in [-0.3, -0.25) is 4.21 Å². The van der Waals surface area contributed by atoms with Crippen molar-refractivity contribution in [2.24, 2.45) is 5.92 Å². The standard InChI is InChI=1S/C16H32N2O3S/c1-12-7-9-18(15(19)21-16(3,4)5)10-8-14(12)17-13(2)11-22(6)20/h12-14,17H,7-11H2,1-6H3/t12-,13+,14-,22-/m0/s1. The summed E-state index contributed by atoms with van der Waals surface area (Å²) in [4.78, 5) is 14.0. The molecule has 1 rings (SSSR count). The molecule has 1 amide bonds. The third kappa shape index (κ3) is 7.09. The van der Waals surface area contributed by atoms with Crippen LogP contribution in [0.25, 0.3) is 0 Å². The minimum absolute atomic E-state index is 0.219. The van der Waals surface area contributed by atoms with E-state index in [0.717, 1.165) is 19.4 Å². The molecule has 1 aliphatic rings. The summed E-state index contributed by atoms with van der Waals surface area (Å²) in [5.41, 5.74) is -0.452. The molecule has 0 aromatic rings. The highest BCUT2D eigenvalue weighted by Gasteiger charge is 2.28. The van der Waals surface area contributed by atoms with Crippen molar-refractivity contribution in [3.05, 3.63) is 0 Å². The van der Waals surface area contributed by atoms with Crippen molar-refractivity contribution in [1.82, 2.24) is 10.2 Å². The van der Waals surface area contributed by atoms with Gasteiger partial charge in [0.1, 0.15) is 5.60 Å². The first kappa shape index (κ1) is 19.4. The van der Waals surface area contributed by atoms with Crippen molar-refractivity contribution in [2.45, 2.75) is 65.1 Å². The second kappa shape index (κ2) is 8.29. The number of rotatable bonds is 4. The van der Waals surface area contributed by atoms with E-state index in [4.69, 9.17) is 4.74 Å². The first-order valence-corrected chi connectivity index (χ1v) is 9.85. The summed E-state index contributed by atoms with van der Waals surface area (Å²) in [6, 6.07) is 0.581. The number of nitrogens with zero attached hydrogens (tertiary/aromatic N) is 1. The first-order chi connectivity index (χ1) is 10.1. The zero-order chi connectivity index (χ0) is 16.9. The van der Waals surface area contributed by atoms with Crippen LogP contribution in [0.3, 0.4) is 0 Å². The minimum atomic E-state index is -0.788. The van der Waals surface area contributed by atoms with Crippen molar-refractivity contribution in [2.75, 3.05) is 25.1 Å². The van der Waals surface area contributed by atoms with E-state index in [2.05, 4.69) is 19.2 Å². The monoisotopic (exact) mass is 332 g/mol. The Morgan fingerprint density at radius 1 is 1.36 bits per heavy atom. The van der Waals surface area contributed by atoms with Gasteiger partial charge in [0.15, 0.2) is 0 Å². The largest absolute Gasteiger partial charge is 0.444 e. The molecular weight excluding hydrogens is 300 g/mol. The van der Waals surface area contributed by atoms with Gasteiger partial charge in [-0.05, 0) is 46.5 Å². The maximum Gasteiger partial charge on any atom is 0.410 e. The highest BCUT2D eigenvalue weighted by molar-refractivity contribution is 7.84. The molecule has 130 valence electrons. The number of carbonyl (C=O) groups excluding carboxylic acids is 1. The van der Waals surface area contributed by atoms with Crippen LogP contribution in [0.1, 0.15) is 47.5 Å². The van der Waals surface area contributed by atoms with Gasteiger partial charge in [-0.15, -0.1) is 0 Å². The van der Waals surface area contributed by atoms with Crippen LogP contribution in [0.15, 0.2) is 0 Å². The molecule has 0 unspecified atom stereocenters. The summed E-state index contributed by atoms with van der Waals surface area (Å²) in [6.45, 7) is 11.4. The van der Waals surface area contributed by atoms with E-state index in [1.165, 1.54) is 0 Å². The second-order valence-corrected chi connectivity index (χ2v) is 8.92. The van der Waals surface area contributed by atoms with Crippen LogP contribution >= 0.6 is 0 Å². The lowest BCUT2D eigenvalue weighted by Gasteiger charge is -2.27. The predicted octanol–water partition coefficient (Wildman–Crippen LogP) is 2.38. The zero-order valence-corrected chi connectivity index (χ0v) is 15.7. The van der Waals surface area contributed by atoms with Crippen molar-refractivity contribution in [1.29, 1.82) is 0 Å². The van der Waals surface area contributed by atoms with Crippen molar-refractivity contribution in [3.8, 4) is 0 Å². The lowest BCUT2D eigenvalue weighted by atomic mass is 9.96. The molecule has 0 aliphatic carbocycles. The molecule has 0 aromatic carbocycles. The maximum absolute atomic E-state index is 12.2. The van der Waals surface area contributed by atoms with Gasteiger partial charge >= 0.3 is 6.09 Å². The van der Waals surface area contributed by atoms with Gasteiger partial charge in [0.05, 0.1) is 0 Å². The molecule has 22 heavy (non-hydrogen) atoms. The first-order valence-electron chi connectivity index (χ1n) is 8.12. The van der Waals surface area contributed by atoms with Crippen molar-refractivity contribution < 1.29 is 13.7 Å². The van der Waals surface area contributed by atoms with Crippen LogP contribution in [-0.4, -0.2) is 58.0 Å². The Bertz CT molecular complexity index is 395. The molecule has 4 atom stereocenters. The topological polar surface area (TPSA) is 58.6 Å². The van der Waals surface area contributed by atoms with E-state index in [1.54, 1.807) is 6.26 Å². The van der Waals surface area contributed by atoms with Gasteiger partial charge in [0, 0.05) is 48.0 Å². The minimum Gasteiger partial charge on any atom is -0.444 e. The second-order valence-electron chi connectivity index (χ2n) is 7.44. The molecule has 1 N–H and O–H groups in total. The van der Waals surface area contributed by atoms with E-state index in [9.17, 15) is 9.00 Å². The number of nitrogens with one attached hydrogen (secondary N) is 1. The van der Waals surface area contributed by atoms with Crippen LogP contribution in [0.5, 0.6) is 0 Å². The van der Waals surface area contributed by atoms with Gasteiger partial charge in [-0.25, -0.2) is 4.79 Å². The van der Waals surface area contributed by atoms with Gasteiger partial charge in [0.25, 0.3) is 0 Å². The molecule has 0 bridgehead atoms. The third-order valence-electron chi connectivity index (χ3n) is 3.89. The molecular formula is C16H32N2O3S. The highest BCUT2D eigenvalue weighted by atomic mass is 32.2. The fraction of sp³-hybridized carbons (Fsp3) is 0.938.